The van der Waals surface area contributed by atoms with Crippen LogP contribution in [0.25, 0.3) is 0 Å². The van der Waals surface area contributed by atoms with Crippen LogP contribution in [-0.2, 0) is 0 Å². The van der Waals surface area contributed by atoms with E-state index in [2.05, 4.69) is 5.10 Å². The lowest BCUT2D eigenvalue weighted by molar-refractivity contribution is 0.288. The largest absolute Gasteiger partial charge is 0.322 e. The fourth-order valence-electron chi connectivity index (χ4n) is 0.357. The smallest absolute Gasteiger partial charge is 0.142 e. The molecule has 0 fully saturated rings. The maximum absolute atomic E-state index is 5.74. The van der Waals surface area contributed by atoms with E-state index in [1.165, 1.54) is 0 Å². The number of nitrogens with two attached hydrogens (primary N) is 1. The minimum atomic E-state index is -0.183. The quantitative estimate of drug-likeness (QED) is 0.521. The van der Waals surface area contributed by atoms with E-state index in [9.17, 15) is 0 Å². The fourth-order valence-corrected chi connectivity index (χ4v) is 0.476. The van der Waals surface area contributed by atoms with Crippen molar-refractivity contribution in [3.8, 4) is 0 Å². The summed E-state index contributed by atoms with van der Waals surface area (Å²) in [5, 5.41) is 6.30. The van der Waals surface area contributed by atoms with Crippen LogP contribution >= 0.6 is 11.6 Å². The van der Waals surface area contributed by atoms with Crippen molar-refractivity contribution < 1.29 is 0 Å². The summed E-state index contributed by atoms with van der Waals surface area (Å²) >= 11 is 5.74. The molecular weight excluding hydrogens is 162 g/mol. The predicted octanol–water partition coefficient (Wildman–Crippen LogP) is 1.23. The molecule has 0 aromatic rings. The third-order valence-corrected chi connectivity index (χ3v) is 1.80. The van der Waals surface area contributed by atoms with Gasteiger partial charge in [-0.3, -0.25) is 5.01 Å². The van der Waals surface area contributed by atoms with Gasteiger partial charge in [-0.15, -0.1) is 0 Å². The van der Waals surface area contributed by atoms with Crippen molar-refractivity contribution in [3.63, 3.8) is 0 Å². The Labute approximate surface area is 73.2 Å². The van der Waals surface area contributed by atoms with Crippen LogP contribution in [0.1, 0.15) is 20.8 Å². The van der Waals surface area contributed by atoms with Gasteiger partial charge in [0.25, 0.3) is 0 Å². The summed E-state index contributed by atoms with van der Waals surface area (Å²) in [5.41, 5.74) is 5.49. The molecule has 11 heavy (non-hydrogen) atoms. The average molecular weight is 178 g/mol. The standard InChI is InChI=1S/C7H16ClN3/c1-5(2)11(4)10-7(8)6(3)9/h5-6H,9H2,1-4H3/b10-7+. The van der Waals surface area contributed by atoms with Gasteiger partial charge in [0.2, 0.25) is 0 Å². The molecule has 0 heterocycles. The van der Waals surface area contributed by atoms with Crippen molar-refractivity contribution in [2.75, 3.05) is 7.05 Å². The molecule has 0 aromatic carbocycles. The summed E-state index contributed by atoms with van der Waals surface area (Å²) in [6.45, 7) is 5.88. The maximum Gasteiger partial charge on any atom is 0.142 e. The van der Waals surface area contributed by atoms with Gasteiger partial charge in [0.05, 0.1) is 6.04 Å². The third kappa shape index (κ3) is 4.22. The second kappa shape index (κ2) is 4.57. The average Bonchev–Trinajstić information content (AvgIpc) is 1.87. The zero-order valence-corrected chi connectivity index (χ0v) is 8.26. The van der Waals surface area contributed by atoms with E-state index in [0.717, 1.165) is 0 Å². The number of hydrazone groups is 1. The monoisotopic (exact) mass is 177 g/mol. The molecular formula is C7H16ClN3. The SMILES string of the molecule is CC(N)/C(Cl)=N\N(C)C(C)C. The van der Waals surface area contributed by atoms with Gasteiger partial charge in [-0.05, 0) is 20.8 Å². The highest BCUT2D eigenvalue weighted by atomic mass is 35.5. The van der Waals surface area contributed by atoms with Gasteiger partial charge in [0.1, 0.15) is 5.17 Å². The summed E-state index contributed by atoms with van der Waals surface area (Å²) in [6, 6.07) is 0.167. The first-order valence-electron chi connectivity index (χ1n) is 3.67. The lowest BCUT2D eigenvalue weighted by Crippen LogP contribution is -2.28. The number of hydrogen-bond acceptors (Lipinski definition) is 3. The van der Waals surface area contributed by atoms with Gasteiger partial charge in [0, 0.05) is 13.1 Å². The molecule has 0 radical (unpaired) electrons. The molecule has 3 nitrogen and oxygen atoms in total. The molecule has 66 valence electrons. The minimum Gasteiger partial charge on any atom is -0.322 e. The third-order valence-electron chi connectivity index (χ3n) is 1.38. The molecule has 0 aliphatic rings. The lowest BCUT2D eigenvalue weighted by Gasteiger charge is -2.18. The molecule has 2 N–H and O–H groups in total. The van der Waals surface area contributed by atoms with Crippen LogP contribution in [0.3, 0.4) is 0 Å². The van der Waals surface area contributed by atoms with Crippen LogP contribution in [0.2, 0.25) is 0 Å². The second-order valence-electron chi connectivity index (χ2n) is 2.88. The molecule has 1 unspecified atom stereocenters. The first kappa shape index (κ1) is 10.7. The van der Waals surface area contributed by atoms with Gasteiger partial charge in [-0.1, -0.05) is 11.6 Å². The van der Waals surface area contributed by atoms with Crippen molar-refractivity contribution in [2.24, 2.45) is 10.8 Å². The molecule has 0 aromatic heterocycles. The van der Waals surface area contributed by atoms with Crippen LogP contribution in [0.15, 0.2) is 5.10 Å². The van der Waals surface area contributed by atoms with Crippen molar-refractivity contribution >= 4 is 16.8 Å². The normalized spacial score (nSPS) is 15.4. The van der Waals surface area contributed by atoms with Gasteiger partial charge < -0.3 is 5.73 Å². The Hall–Kier alpha value is -0.280. The van der Waals surface area contributed by atoms with Gasteiger partial charge in [-0.25, -0.2) is 0 Å². The molecule has 0 rings (SSSR count). The Morgan fingerprint density at radius 3 is 2.18 bits per heavy atom. The van der Waals surface area contributed by atoms with Gasteiger partial charge in [0.15, 0.2) is 0 Å². The summed E-state index contributed by atoms with van der Waals surface area (Å²) in [7, 11) is 1.87. The van der Waals surface area contributed by atoms with Crippen molar-refractivity contribution in [1.29, 1.82) is 0 Å². The van der Waals surface area contributed by atoms with E-state index in [4.69, 9.17) is 17.3 Å². The Morgan fingerprint density at radius 2 is 1.91 bits per heavy atom. The van der Waals surface area contributed by atoms with Crippen molar-refractivity contribution in [2.45, 2.75) is 32.9 Å². The van der Waals surface area contributed by atoms with Crippen molar-refractivity contribution in [1.82, 2.24) is 5.01 Å². The number of nitrogens with zero attached hydrogens (tertiary/aromatic N) is 2. The van der Waals surface area contributed by atoms with Gasteiger partial charge >= 0.3 is 0 Å². The topological polar surface area (TPSA) is 41.6 Å². The first-order chi connectivity index (χ1) is 4.95. The molecule has 0 aliphatic heterocycles. The summed E-state index contributed by atoms with van der Waals surface area (Å²) < 4.78 is 0. The zero-order valence-electron chi connectivity index (χ0n) is 7.50. The minimum absolute atomic E-state index is 0.183. The van der Waals surface area contributed by atoms with Crippen LogP contribution in [-0.4, -0.2) is 29.3 Å². The fraction of sp³-hybridized carbons (Fsp3) is 0.857. The van der Waals surface area contributed by atoms with Crippen LogP contribution < -0.4 is 5.73 Å². The first-order valence-corrected chi connectivity index (χ1v) is 4.05. The molecule has 0 spiro atoms. The van der Waals surface area contributed by atoms with Crippen LogP contribution in [0, 0.1) is 0 Å². The van der Waals surface area contributed by atoms with Crippen molar-refractivity contribution in [3.05, 3.63) is 0 Å². The molecule has 0 bridgehead atoms. The zero-order chi connectivity index (χ0) is 9.02. The second-order valence-corrected chi connectivity index (χ2v) is 3.27. The number of halogens is 1. The van der Waals surface area contributed by atoms with E-state index < -0.39 is 0 Å². The Balaban J connectivity index is 4.07. The van der Waals surface area contributed by atoms with E-state index in [0.29, 0.717) is 11.2 Å². The Morgan fingerprint density at radius 1 is 1.45 bits per heavy atom. The van der Waals surface area contributed by atoms with Gasteiger partial charge in [-0.2, -0.15) is 5.10 Å². The molecule has 0 saturated heterocycles. The molecule has 4 heteroatoms. The van der Waals surface area contributed by atoms with Crippen LogP contribution in [0.4, 0.5) is 0 Å². The van der Waals surface area contributed by atoms with E-state index in [1.54, 1.807) is 11.9 Å². The molecule has 0 amide bonds. The molecule has 0 aliphatic carbocycles. The highest BCUT2D eigenvalue weighted by Crippen LogP contribution is 1.98. The summed E-state index contributed by atoms with van der Waals surface area (Å²) in [5.74, 6) is 0. The van der Waals surface area contributed by atoms with E-state index in [1.807, 2.05) is 20.9 Å². The molecule has 0 saturated carbocycles. The van der Waals surface area contributed by atoms with Crippen LogP contribution in [0.5, 0.6) is 0 Å². The Kier molecular flexibility index (Phi) is 4.45. The van der Waals surface area contributed by atoms with E-state index >= 15 is 0 Å². The maximum atomic E-state index is 5.74. The summed E-state index contributed by atoms with van der Waals surface area (Å²) in [6.07, 6.45) is 0. The highest BCUT2D eigenvalue weighted by molar-refractivity contribution is 6.66. The molecule has 1 atom stereocenters. The Bertz CT molecular complexity index is 143. The number of rotatable bonds is 3. The highest BCUT2D eigenvalue weighted by Gasteiger charge is 2.04. The predicted molar refractivity (Wildman–Crippen MR) is 49.8 cm³/mol. The summed E-state index contributed by atoms with van der Waals surface area (Å²) in [4.78, 5) is 0. The lowest BCUT2D eigenvalue weighted by atomic mass is 10.4. The van der Waals surface area contributed by atoms with E-state index in [-0.39, 0.29) is 6.04 Å². The number of hydrogen-bond donors (Lipinski definition) is 1.